The van der Waals surface area contributed by atoms with E-state index in [9.17, 15) is 0 Å². The molecule has 2 aromatic carbocycles. The maximum atomic E-state index is 6.29. The van der Waals surface area contributed by atoms with Crippen molar-refractivity contribution < 1.29 is 0 Å². The van der Waals surface area contributed by atoms with Crippen LogP contribution in [0.4, 0.5) is 5.82 Å². The lowest BCUT2D eigenvalue weighted by molar-refractivity contribution is 0.556. The third kappa shape index (κ3) is 3.35. The fourth-order valence-corrected chi connectivity index (χ4v) is 4.89. The first-order chi connectivity index (χ1) is 14.0. The SMILES string of the molecule is Cc1ccc2c(Cl)[nH]nc2c1C(C)(C)CNc1n[nH]c2c(C(C)(C)C)c(C)ccc12. The minimum Gasteiger partial charge on any atom is -0.367 e. The highest BCUT2D eigenvalue weighted by atomic mass is 35.5. The lowest BCUT2D eigenvalue weighted by atomic mass is 9.80. The summed E-state index contributed by atoms with van der Waals surface area (Å²) in [6.45, 7) is 16.2. The first-order valence-electron chi connectivity index (χ1n) is 10.4. The van der Waals surface area contributed by atoms with Crippen LogP contribution >= 0.6 is 11.6 Å². The van der Waals surface area contributed by atoms with E-state index in [4.69, 9.17) is 11.6 Å². The fourth-order valence-electron chi connectivity index (χ4n) is 4.69. The summed E-state index contributed by atoms with van der Waals surface area (Å²) in [5.74, 6) is 0.883. The van der Waals surface area contributed by atoms with Crippen molar-refractivity contribution >= 4 is 39.2 Å². The molecule has 0 aliphatic rings. The average molecular weight is 424 g/mol. The van der Waals surface area contributed by atoms with E-state index in [-0.39, 0.29) is 10.8 Å². The fraction of sp³-hybridized carbons (Fsp3) is 0.417. The first-order valence-corrected chi connectivity index (χ1v) is 10.7. The van der Waals surface area contributed by atoms with Gasteiger partial charge in [0.2, 0.25) is 0 Å². The highest BCUT2D eigenvalue weighted by Gasteiger charge is 2.28. The van der Waals surface area contributed by atoms with Crippen molar-refractivity contribution in [2.45, 2.75) is 59.3 Å². The molecule has 0 saturated heterocycles. The van der Waals surface area contributed by atoms with Crippen LogP contribution in [0.3, 0.4) is 0 Å². The van der Waals surface area contributed by atoms with Crippen LogP contribution in [0.15, 0.2) is 24.3 Å². The molecule has 2 aromatic heterocycles. The summed E-state index contributed by atoms with van der Waals surface area (Å²) >= 11 is 6.29. The van der Waals surface area contributed by atoms with E-state index < -0.39 is 0 Å². The van der Waals surface area contributed by atoms with Crippen LogP contribution in [0.5, 0.6) is 0 Å². The summed E-state index contributed by atoms with van der Waals surface area (Å²) in [5, 5.41) is 21.5. The number of aryl methyl sites for hydroxylation is 2. The normalized spacial score (nSPS) is 12.8. The Morgan fingerprint density at radius 1 is 0.867 bits per heavy atom. The van der Waals surface area contributed by atoms with Gasteiger partial charge in [-0.05, 0) is 53.6 Å². The van der Waals surface area contributed by atoms with Crippen LogP contribution in [-0.4, -0.2) is 26.9 Å². The van der Waals surface area contributed by atoms with Gasteiger partial charge in [-0.3, -0.25) is 10.2 Å². The molecule has 4 rings (SSSR count). The number of halogens is 1. The number of anilines is 1. The maximum absolute atomic E-state index is 6.29. The minimum atomic E-state index is -0.176. The molecule has 0 radical (unpaired) electrons. The van der Waals surface area contributed by atoms with E-state index in [2.05, 4.69) is 92.4 Å². The predicted molar refractivity (Wildman–Crippen MR) is 127 cm³/mol. The minimum absolute atomic E-state index is 0.0403. The molecular formula is C24H30ClN5. The summed E-state index contributed by atoms with van der Waals surface area (Å²) in [7, 11) is 0. The highest BCUT2D eigenvalue weighted by Crippen LogP contribution is 2.37. The highest BCUT2D eigenvalue weighted by molar-refractivity contribution is 6.34. The summed E-state index contributed by atoms with van der Waals surface area (Å²) in [6, 6.07) is 8.48. The molecule has 5 nitrogen and oxygen atoms in total. The van der Waals surface area contributed by atoms with E-state index in [1.807, 2.05) is 6.07 Å². The topological polar surface area (TPSA) is 69.4 Å². The summed E-state index contributed by atoms with van der Waals surface area (Å²) < 4.78 is 0. The van der Waals surface area contributed by atoms with Gasteiger partial charge in [-0.25, -0.2) is 0 Å². The van der Waals surface area contributed by atoms with E-state index in [0.717, 1.165) is 34.2 Å². The van der Waals surface area contributed by atoms with Gasteiger partial charge < -0.3 is 5.32 Å². The van der Waals surface area contributed by atoms with Gasteiger partial charge >= 0.3 is 0 Å². The second kappa shape index (κ2) is 7.02. The van der Waals surface area contributed by atoms with Gasteiger partial charge in [0.25, 0.3) is 0 Å². The van der Waals surface area contributed by atoms with Crippen molar-refractivity contribution in [2.75, 3.05) is 11.9 Å². The Morgan fingerprint density at radius 2 is 1.50 bits per heavy atom. The molecule has 2 heterocycles. The Morgan fingerprint density at radius 3 is 2.17 bits per heavy atom. The number of rotatable bonds is 4. The molecule has 30 heavy (non-hydrogen) atoms. The zero-order valence-electron chi connectivity index (χ0n) is 18.8. The smallest absolute Gasteiger partial charge is 0.155 e. The van der Waals surface area contributed by atoms with Crippen LogP contribution in [0.1, 0.15) is 56.9 Å². The Balaban J connectivity index is 1.70. The molecule has 6 heteroatoms. The number of H-pyrrole nitrogens is 2. The number of aromatic amines is 2. The van der Waals surface area contributed by atoms with E-state index >= 15 is 0 Å². The molecule has 0 atom stereocenters. The molecule has 0 spiro atoms. The number of nitrogens with one attached hydrogen (secondary N) is 3. The molecule has 0 aliphatic heterocycles. The molecule has 0 saturated carbocycles. The monoisotopic (exact) mass is 423 g/mol. The van der Waals surface area contributed by atoms with Crippen LogP contribution in [0, 0.1) is 13.8 Å². The van der Waals surface area contributed by atoms with Gasteiger partial charge in [0, 0.05) is 22.7 Å². The third-order valence-electron chi connectivity index (χ3n) is 5.96. The van der Waals surface area contributed by atoms with Crippen LogP contribution in [0.2, 0.25) is 5.15 Å². The summed E-state index contributed by atoms with van der Waals surface area (Å²) in [5.41, 5.74) is 6.90. The lowest BCUT2D eigenvalue weighted by Crippen LogP contribution is -2.29. The molecule has 3 N–H and O–H groups in total. The van der Waals surface area contributed by atoms with Gasteiger partial charge in [0.05, 0.1) is 11.0 Å². The van der Waals surface area contributed by atoms with Crippen molar-refractivity contribution in [3.8, 4) is 0 Å². The average Bonchev–Trinajstić information content (AvgIpc) is 3.22. The zero-order valence-corrected chi connectivity index (χ0v) is 19.5. The van der Waals surface area contributed by atoms with Crippen molar-refractivity contribution in [2.24, 2.45) is 0 Å². The molecule has 4 aromatic rings. The summed E-state index contributed by atoms with van der Waals surface area (Å²) in [6.07, 6.45) is 0. The van der Waals surface area contributed by atoms with Gasteiger partial charge in [-0.1, -0.05) is 58.4 Å². The van der Waals surface area contributed by atoms with Crippen molar-refractivity contribution in [1.29, 1.82) is 0 Å². The molecular weight excluding hydrogens is 394 g/mol. The van der Waals surface area contributed by atoms with Crippen LogP contribution < -0.4 is 5.32 Å². The van der Waals surface area contributed by atoms with Crippen molar-refractivity contribution in [3.05, 3.63) is 51.7 Å². The second-order valence-electron chi connectivity index (χ2n) is 9.93. The van der Waals surface area contributed by atoms with E-state index in [1.54, 1.807) is 0 Å². The Bertz CT molecular complexity index is 1240. The largest absolute Gasteiger partial charge is 0.367 e. The van der Waals surface area contributed by atoms with Gasteiger partial charge in [0.15, 0.2) is 5.82 Å². The summed E-state index contributed by atoms with van der Waals surface area (Å²) in [4.78, 5) is 0. The van der Waals surface area contributed by atoms with Crippen LogP contribution in [-0.2, 0) is 10.8 Å². The molecule has 0 unspecified atom stereocenters. The lowest BCUT2D eigenvalue weighted by Gasteiger charge is -2.28. The number of aromatic nitrogens is 4. The molecule has 0 fully saturated rings. The Kier molecular flexibility index (Phi) is 4.85. The molecule has 0 aliphatic carbocycles. The quantitative estimate of drug-likeness (QED) is 0.355. The van der Waals surface area contributed by atoms with E-state index in [0.29, 0.717) is 5.15 Å². The Labute approximate surface area is 182 Å². The molecule has 0 bridgehead atoms. The first kappa shape index (κ1) is 20.7. The third-order valence-corrected chi connectivity index (χ3v) is 6.25. The van der Waals surface area contributed by atoms with Crippen LogP contribution in [0.25, 0.3) is 21.8 Å². The standard InChI is InChI=1S/C24H30ClN5/c1-13-9-11-16-20(17(13)23(3,4)5)28-30-22(16)26-12-24(6,7)18-14(2)8-10-15-19(18)27-29-21(15)25/h8-11H,12H2,1-7H3,(H,27,29)(H2,26,28,30). The van der Waals surface area contributed by atoms with Gasteiger partial charge in [-0.15, -0.1) is 0 Å². The number of hydrogen-bond acceptors (Lipinski definition) is 3. The number of benzene rings is 2. The maximum Gasteiger partial charge on any atom is 0.155 e. The van der Waals surface area contributed by atoms with Gasteiger partial charge in [-0.2, -0.15) is 10.2 Å². The number of nitrogens with zero attached hydrogens (tertiary/aromatic N) is 2. The number of fused-ring (bicyclic) bond motifs is 2. The molecule has 0 amide bonds. The number of hydrogen-bond donors (Lipinski definition) is 3. The van der Waals surface area contributed by atoms with Crippen molar-refractivity contribution in [3.63, 3.8) is 0 Å². The predicted octanol–water partition coefficient (Wildman–Crippen LogP) is 6.40. The zero-order chi connectivity index (χ0) is 21.8. The molecule has 158 valence electrons. The van der Waals surface area contributed by atoms with Gasteiger partial charge in [0.1, 0.15) is 5.15 Å². The second-order valence-corrected chi connectivity index (χ2v) is 10.3. The Hall–Kier alpha value is -2.53. The van der Waals surface area contributed by atoms with Crippen molar-refractivity contribution in [1.82, 2.24) is 20.4 Å². The van der Waals surface area contributed by atoms with E-state index in [1.165, 1.54) is 22.3 Å².